The van der Waals surface area contributed by atoms with Crippen molar-refractivity contribution in [1.29, 1.82) is 0 Å². The largest absolute Gasteiger partial charge is 0.319 e. The van der Waals surface area contributed by atoms with Gasteiger partial charge in [0.05, 0.1) is 5.92 Å². The van der Waals surface area contributed by atoms with E-state index in [0.29, 0.717) is 0 Å². The zero-order valence-corrected chi connectivity index (χ0v) is 10.4. The number of benzene rings is 1. The molecule has 0 radical (unpaired) electrons. The lowest BCUT2D eigenvalue weighted by Crippen LogP contribution is -2.21. The van der Waals surface area contributed by atoms with Crippen molar-refractivity contribution in [2.75, 3.05) is 13.6 Å². The van der Waals surface area contributed by atoms with E-state index < -0.39 is 0 Å². The Balaban J connectivity index is 2.35. The molecular formula is C12H17N5. The van der Waals surface area contributed by atoms with Crippen LogP contribution in [0.5, 0.6) is 0 Å². The van der Waals surface area contributed by atoms with E-state index in [0.717, 1.165) is 12.4 Å². The average Bonchev–Trinajstić information content (AvgIpc) is 2.74. The average molecular weight is 231 g/mol. The summed E-state index contributed by atoms with van der Waals surface area (Å²) in [4.78, 5) is 0. The van der Waals surface area contributed by atoms with Crippen molar-refractivity contribution in [2.45, 2.75) is 12.8 Å². The summed E-state index contributed by atoms with van der Waals surface area (Å²) in [5.74, 6) is 1.06. The molecule has 1 aromatic carbocycles. The summed E-state index contributed by atoms with van der Waals surface area (Å²) in [5.41, 5.74) is 2.48. The van der Waals surface area contributed by atoms with Gasteiger partial charge in [-0.3, -0.25) is 0 Å². The highest BCUT2D eigenvalue weighted by Crippen LogP contribution is 2.21. The molecule has 2 aromatic rings. The minimum absolute atomic E-state index is 0.181. The maximum absolute atomic E-state index is 4.10. The topological polar surface area (TPSA) is 55.6 Å². The molecule has 1 heterocycles. The minimum atomic E-state index is 0.181. The molecule has 17 heavy (non-hydrogen) atoms. The number of tetrazole rings is 1. The van der Waals surface area contributed by atoms with Crippen LogP contribution in [0.4, 0.5) is 0 Å². The normalized spacial score (nSPS) is 12.6. The molecule has 1 N–H and O–H groups in total. The molecule has 1 unspecified atom stereocenters. The van der Waals surface area contributed by atoms with Crippen molar-refractivity contribution in [3.63, 3.8) is 0 Å². The summed E-state index contributed by atoms with van der Waals surface area (Å²) in [6.07, 6.45) is 0. The molecule has 1 atom stereocenters. The first-order valence-corrected chi connectivity index (χ1v) is 5.65. The molecule has 0 saturated carbocycles. The van der Waals surface area contributed by atoms with Crippen LogP contribution in [0.1, 0.15) is 22.9 Å². The van der Waals surface area contributed by atoms with Crippen LogP contribution in [0.2, 0.25) is 0 Å². The van der Waals surface area contributed by atoms with E-state index in [4.69, 9.17) is 0 Å². The van der Waals surface area contributed by atoms with Crippen molar-refractivity contribution in [2.24, 2.45) is 7.05 Å². The van der Waals surface area contributed by atoms with Crippen molar-refractivity contribution in [3.8, 4) is 0 Å². The number of likely N-dealkylation sites (N-methyl/N-ethyl adjacent to an activating group) is 1. The molecule has 1 aromatic heterocycles. The van der Waals surface area contributed by atoms with E-state index in [-0.39, 0.29) is 5.92 Å². The summed E-state index contributed by atoms with van der Waals surface area (Å²) in [6, 6.07) is 8.49. The summed E-state index contributed by atoms with van der Waals surface area (Å²) in [7, 11) is 3.80. The Hall–Kier alpha value is -1.75. The number of aryl methyl sites for hydroxylation is 2. The second kappa shape index (κ2) is 5.05. The molecule has 5 nitrogen and oxygen atoms in total. The zero-order chi connectivity index (χ0) is 12.3. The Morgan fingerprint density at radius 2 is 2.00 bits per heavy atom. The first-order chi connectivity index (χ1) is 8.22. The Kier molecular flexibility index (Phi) is 3.49. The molecule has 0 amide bonds. The fourth-order valence-electron chi connectivity index (χ4n) is 1.89. The lowest BCUT2D eigenvalue weighted by molar-refractivity contribution is 0.611. The predicted molar refractivity (Wildman–Crippen MR) is 65.7 cm³/mol. The first-order valence-electron chi connectivity index (χ1n) is 5.65. The van der Waals surface area contributed by atoms with Gasteiger partial charge in [0.15, 0.2) is 5.82 Å². The summed E-state index contributed by atoms with van der Waals surface area (Å²) < 4.78 is 1.72. The third kappa shape index (κ3) is 2.50. The van der Waals surface area contributed by atoms with Gasteiger partial charge in [0.25, 0.3) is 0 Å². The fourth-order valence-corrected chi connectivity index (χ4v) is 1.89. The van der Waals surface area contributed by atoms with E-state index in [1.54, 1.807) is 4.68 Å². The molecule has 0 bridgehead atoms. The zero-order valence-electron chi connectivity index (χ0n) is 10.4. The Bertz CT molecular complexity index is 474. The third-order valence-corrected chi connectivity index (χ3v) is 2.85. The number of hydrogen-bond donors (Lipinski definition) is 1. The second-order valence-electron chi connectivity index (χ2n) is 4.18. The Morgan fingerprint density at radius 1 is 1.29 bits per heavy atom. The molecule has 5 heteroatoms. The fraction of sp³-hybridized carbons (Fsp3) is 0.417. The lowest BCUT2D eigenvalue weighted by Gasteiger charge is -2.15. The van der Waals surface area contributed by atoms with Crippen LogP contribution < -0.4 is 5.32 Å². The number of nitrogens with one attached hydrogen (secondary N) is 1. The van der Waals surface area contributed by atoms with Crippen LogP contribution in [0.25, 0.3) is 0 Å². The van der Waals surface area contributed by atoms with Gasteiger partial charge in [-0.15, -0.1) is 5.10 Å². The number of aromatic nitrogens is 4. The molecule has 0 aliphatic rings. The van der Waals surface area contributed by atoms with Crippen LogP contribution >= 0.6 is 0 Å². The van der Waals surface area contributed by atoms with Crippen LogP contribution in [0.3, 0.4) is 0 Å². The van der Waals surface area contributed by atoms with Crippen LogP contribution in [0.15, 0.2) is 24.3 Å². The van der Waals surface area contributed by atoms with Gasteiger partial charge in [-0.2, -0.15) is 0 Å². The molecule has 0 spiro atoms. The smallest absolute Gasteiger partial charge is 0.159 e. The van der Waals surface area contributed by atoms with Crippen molar-refractivity contribution in [1.82, 2.24) is 25.5 Å². The maximum atomic E-state index is 4.10. The maximum Gasteiger partial charge on any atom is 0.159 e. The van der Waals surface area contributed by atoms with Gasteiger partial charge in [-0.1, -0.05) is 29.8 Å². The molecule has 0 saturated heterocycles. The van der Waals surface area contributed by atoms with Crippen LogP contribution in [-0.2, 0) is 7.05 Å². The number of hydrogen-bond acceptors (Lipinski definition) is 4. The van der Waals surface area contributed by atoms with E-state index in [1.165, 1.54) is 11.1 Å². The van der Waals surface area contributed by atoms with Crippen molar-refractivity contribution < 1.29 is 0 Å². The summed E-state index contributed by atoms with van der Waals surface area (Å²) >= 11 is 0. The molecule has 2 rings (SSSR count). The monoisotopic (exact) mass is 231 g/mol. The highest BCUT2D eigenvalue weighted by molar-refractivity contribution is 5.28. The van der Waals surface area contributed by atoms with Gasteiger partial charge in [0.1, 0.15) is 0 Å². The van der Waals surface area contributed by atoms with Gasteiger partial charge in [0, 0.05) is 13.6 Å². The highest BCUT2D eigenvalue weighted by Gasteiger charge is 2.18. The first kappa shape index (κ1) is 11.7. The Morgan fingerprint density at radius 3 is 2.53 bits per heavy atom. The lowest BCUT2D eigenvalue weighted by atomic mass is 9.97. The van der Waals surface area contributed by atoms with Crippen molar-refractivity contribution >= 4 is 0 Å². The van der Waals surface area contributed by atoms with E-state index in [2.05, 4.69) is 52.0 Å². The minimum Gasteiger partial charge on any atom is -0.319 e. The Labute approximate surface area is 101 Å². The van der Waals surface area contributed by atoms with E-state index in [9.17, 15) is 0 Å². The molecular weight excluding hydrogens is 214 g/mol. The quantitative estimate of drug-likeness (QED) is 0.848. The second-order valence-corrected chi connectivity index (χ2v) is 4.18. The molecule has 90 valence electrons. The van der Waals surface area contributed by atoms with Crippen molar-refractivity contribution in [3.05, 3.63) is 41.2 Å². The van der Waals surface area contributed by atoms with Crippen LogP contribution in [0, 0.1) is 6.92 Å². The highest BCUT2D eigenvalue weighted by atomic mass is 15.5. The molecule has 0 fully saturated rings. The number of rotatable bonds is 4. The molecule has 0 aliphatic heterocycles. The summed E-state index contributed by atoms with van der Waals surface area (Å²) in [5, 5.41) is 14.9. The standard InChI is InChI=1S/C12H17N5/c1-9-4-6-10(7-5-9)11(8-13-2)12-14-15-16-17(12)3/h4-7,11,13H,8H2,1-3H3. The van der Waals surface area contributed by atoms with Gasteiger partial charge < -0.3 is 5.32 Å². The van der Waals surface area contributed by atoms with Gasteiger partial charge in [-0.25, -0.2) is 4.68 Å². The summed E-state index contributed by atoms with van der Waals surface area (Å²) in [6.45, 7) is 2.90. The molecule has 0 aliphatic carbocycles. The van der Waals surface area contributed by atoms with Gasteiger partial charge in [0.2, 0.25) is 0 Å². The third-order valence-electron chi connectivity index (χ3n) is 2.85. The van der Waals surface area contributed by atoms with Gasteiger partial charge in [-0.05, 0) is 30.0 Å². The SMILES string of the molecule is CNCC(c1ccc(C)cc1)c1nnnn1C. The predicted octanol–water partition coefficient (Wildman–Crippen LogP) is 0.870. The number of nitrogens with zero attached hydrogens (tertiary/aromatic N) is 4. The van der Waals surface area contributed by atoms with Crippen LogP contribution in [-0.4, -0.2) is 33.8 Å². The van der Waals surface area contributed by atoms with E-state index >= 15 is 0 Å². The van der Waals surface area contributed by atoms with E-state index in [1.807, 2.05) is 14.1 Å². The van der Waals surface area contributed by atoms with Gasteiger partial charge >= 0.3 is 0 Å².